The van der Waals surface area contributed by atoms with Crippen LogP contribution in [0.2, 0.25) is 0 Å². The molecule has 0 amide bonds. The molecule has 0 bridgehead atoms. The Bertz CT molecular complexity index is 731. The number of hydrogen-bond acceptors (Lipinski definition) is 4. The number of nitrogens with zero attached hydrogens (tertiary/aromatic N) is 2. The normalized spacial score (nSPS) is 13.5. The fraction of sp³-hybridized carbons (Fsp3) is 0.381. The highest BCUT2D eigenvalue weighted by Crippen LogP contribution is 2.36. The van der Waals surface area contributed by atoms with Crippen LogP contribution in [0.5, 0.6) is 5.75 Å². The molecule has 0 aliphatic carbocycles. The van der Waals surface area contributed by atoms with Crippen molar-refractivity contribution in [2.45, 2.75) is 45.1 Å². The Kier molecular flexibility index (Phi) is 7.33. The number of carboxylic acids is 1. The third-order valence-corrected chi connectivity index (χ3v) is 4.24. The molecular weight excluding hydrogens is 328 g/mol. The van der Waals surface area contributed by atoms with Crippen LogP contribution < -0.4 is 4.74 Å². The summed E-state index contributed by atoms with van der Waals surface area (Å²) in [5, 5.41) is 18.7. The van der Waals surface area contributed by atoms with Gasteiger partial charge in [0.25, 0.3) is 0 Å². The summed E-state index contributed by atoms with van der Waals surface area (Å²) in [5.41, 5.74) is -0.219. The first-order valence-corrected chi connectivity index (χ1v) is 9.07. The molecule has 1 atom stereocenters. The van der Waals surface area contributed by atoms with Crippen LogP contribution in [-0.4, -0.2) is 17.7 Å². The van der Waals surface area contributed by atoms with Crippen molar-refractivity contribution in [1.29, 1.82) is 0 Å². The van der Waals surface area contributed by atoms with E-state index >= 15 is 0 Å². The molecule has 0 heterocycles. The third kappa shape index (κ3) is 4.69. The van der Waals surface area contributed by atoms with Crippen LogP contribution in [0.1, 0.15) is 45.1 Å². The zero-order chi connectivity index (χ0) is 18.8. The Balaban J connectivity index is 2.45. The Morgan fingerprint density at radius 2 is 1.73 bits per heavy atom. The van der Waals surface area contributed by atoms with Crippen LogP contribution in [-0.2, 0) is 10.3 Å². The summed E-state index contributed by atoms with van der Waals surface area (Å²) in [6, 6.07) is 16.4. The van der Waals surface area contributed by atoms with Crippen molar-refractivity contribution in [3.8, 4) is 5.75 Å². The smallest absolute Gasteiger partial charge is 0.338 e. The number of unbranched alkanes of at least 4 members (excludes halogenated alkanes) is 2. The fourth-order valence-corrected chi connectivity index (χ4v) is 2.83. The Morgan fingerprint density at radius 3 is 2.38 bits per heavy atom. The van der Waals surface area contributed by atoms with E-state index in [1.807, 2.05) is 37.3 Å². The van der Waals surface area contributed by atoms with E-state index in [2.05, 4.69) is 17.2 Å². The maximum Gasteiger partial charge on any atom is 0.338 e. The molecule has 0 radical (unpaired) electrons. The highest BCUT2D eigenvalue weighted by Gasteiger charge is 2.40. The van der Waals surface area contributed by atoms with Gasteiger partial charge in [0, 0.05) is 0 Å². The van der Waals surface area contributed by atoms with Crippen LogP contribution in [0, 0.1) is 0 Å². The molecule has 5 heteroatoms. The summed E-state index contributed by atoms with van der Waals surface area (Å²) in [5.74, 6) is -0.392. The Hall–Kier alpha value is -2.69. The van der Waals surface area contributed by atoms with Crippen molar-refractivity contribution in [2.24, 2.45) is 10.2 Å². The van der Waals surface area contributed by atoms with E-state index in [1.54, 1.807) is 24.3 Å². The average molecular weight is 354 g/mol. The number of azo groups is 1. The lowest BCUT2D eigenvalue weighted by Gasteiger charge is -2.24. The van der Waals surface area contributed by atoms with Gasteiger partial charge in [-0.2, -0.15) is 10.2 Å². The molecule has 0 aromatic heterocycles. The van der Waals surface area contributed by atoms with Crippen molar-refractivity contribution < 1.29 is 14.6 Å². The number of para-hydroxylation sites is 1. The van der Waals surface area contributed by atoms with Gasteiger partial charge in [0.15, 0.2) is 0 Å². The third-order valence-electron chi connectivity index (χ3n) is 4.24. The zero-order valence-corrected chi connectivity index (χ0v) is 15.4. The summed E-state index contributed by atoms with van der Waals surface area (Å²) < 4.78 is 5.57. The molecule has 2 aromatic carbocycles. The summed E-state index contributed by atoms with van der Waals surface area (Å²) in [4.78, 5) is 12.3. The summed E-state index contributed by atoms with van der Waals surface area (Å²) in [6.45, 7) is 4.49. The lowest BCUT2D eigenvalue weighted by molar-refractivity contribution is -0.144. The predicted octanol–water partition coefficient (Wildman–Crippen LogP) is 5.73. The lowest BCUT2D eigenvalue weighted by Crippen LogP contribution is -2.33. The molecule has 1 unspecified atom stereocenters. The van der Waals surface area contributed by atoms with E-state index in [9.17, 15) is 9.90 Å². The SMILES string of the molecule is CCCCCC(N=Nc1ccccc1OCC)(C(=O)O)c1ccccc1. The van der Waals surface area contributed by atoms with Gasteiger partial charge < -0.3 is 9.84 Å². The van der Waals surface area contributed by atoms with E-state index < -0.39 is 11.5 Å². The van der Waals surface area contributed by atoms with Crippen LogP contribution in [0.25, 0.3) is 0 Å². The van der Waals surface area contributed by atoms with Gasteiger partial charge in [0.1, 0.15) is 11.4 Å². The minimum atomic E-state index is -1.39. The molecule has 0 aliphatic heterocycles. The van der Waals surface area contributed by atoms with E-state index in [1.165, 1.54) is 0 Å². The molecule has 1 N–H and O–H groups in total. The summed E-state index contributed by atoms with van der Waals surface area (Å²) in [6.07, 6.45) is 3.13. The lowest BCUT2D eigenvalue weighted by atomic mass is 9.85. The average Bonchev–Trinajstić information content (AvgIpc) is 2.66. The molecule has 0 aliphatic rings. The van der Waals surface area contributed by atoms with Gasteiger partial charge in [0.2, 0.25) is 5.54 Å². The second-order valence-corrected chi connectivity index (χ2v) is 6.09. The number of rotatable bonds is 10. The molecule has 2 rings (SSSR count). The van der Waals surface area contributed by atoms with Crippen LogP contribution in [0.4, 0.5) is 5.69 Å². The molecule has 26 heavy (non-hydrogen) atoms. The molecule has 0 saturated carbocycles. The maximum atomic E-state index is 12.3. The molecule has 138 valence electrons. The van der Waals surface area contributed by atoms with Gasteiger partial charge in [-0.05, 0) is 31.0 Å². The maximum absolute atomic E-state index is 12.3. The van der Waals surface area contributed by atoms with Gasteiger partial charge in [-0.3, -0.25) is 0 Å². The number of carboxylic acid groups (broad SMARTS) is 1. The van der Waals surface area contributed by atoms with Crippen LogP contribution >= 0.6 is 0 Å². The van der Waals surface area contributed by atoms with Gasteiger partial charge in [-0.15, -0.1) is 0 Å². The number of aliphatic carboxylic acids is 1. The van der Waals surface area contributed by atoms with Gasteiger partial charge >= 0.3 is 5.97 Å². The zero-order valence-electron chi connectivity index (χ0n) is 15.4. The number of carbonyl (C=O) groups is 1. The molecule has 2 aromatic rings. The van der Waals surface area contributed by atoms with Crippen molar-refractivity contribution in [2.75, 3.05) is 6.61 Å². The van der Waals surface area contributed by atoms with Crippen molar-refractivity contribution in [3.63, 3.8) is 0 Å². The van der Waals surface area contributed by atoms with Crippen LogP contribution in [0.15, 0.2) is 64.8 Å². The van der Waals surface area contributed by atoms with E-state index in [4.69, 9.17) is 4.74 Å². The summed E-state index contributed by atoms with van der Waals surface area (Å²) >= 11 is 0. The minimum Gasteiger partial charge on any atom is -0.492 e. The fourth-order valence-electron chi connectivity index (χ4n) is 2.83. The standard InChI is InChI=1S/C21H26N2O3/c1-3-5-11-16-21(20(24)25,17-12-7-6-8-13-17)23-22-18-14-9-10-15-19(18)26-4-2/h6-10,12-15H,3-5,11,16H2,1-2H3,(H,24,25). The molecule has 5 nitrogen and oxygen atoms in total. The van der Waals surface area contributed by atoms with E-state index in [-0.39, 0.29) is 0 Å². The second-order valence-electron chi connectivity index (χ2n) is 6.09. The number of ether oxygens (including phenoxy) is 1. The first kappa shape index (κ1) is 19.6. The molecule has 0 fully saturated rings. The summed E-state index contributed by atoms with van der Waals surface area (Å²) in [7, 11) is 0. The monoisotopic (exact) mass is 354 g/mol. The number of hydrogen-bond donors (Lipinski definition) is 1. The van der Waals surface area contributed by atoms with Crippen LogP contribution in [0.3, 0.4) is 0 Å². The quantitative estimate of drug-likeness (QED) is 0.437. The van der Waals surface area contributed by atoms with Crippen molar-refractivity contribution in [1.82, 2.24) is 0 Å². The van der Waals surface area contributed by atoms with Gasteiger partial charge in [0.05, 0.1) is 6.61 Å². The first-order chi connectivity index (χ1) is 12.6. The number of benzene rings is 2. The van der Waals surface area contributed by atoms with Crippen molar-refractivity contribution in [3.05, 3.63) is 60.2 Å². The highest BCUT2D eigenvalue weighted by molar-refractivity contribution is 5.81. The minimum absolute atomic E-state index is 0.403. The van der Waals surface area contributed by atoms with Gasteiger partial charge in [-0.25, -0.2) is 4.79 Å². The van der Waals surface area contributed by atoms with E-state index in [0.29, 0.717) is 30.0 Å². The van der Waals surface area contributed by atoms with Gasteiger partial charge in [-0.1, -0.05) is 68.7 Å². The second kappa shape index (κ2) is 9.70. The molecular formula is C21H26N2O3. The predicted molar refractivity (Wildman–Crippen MR) is 102 cm³/mol. The van der Waals surface area contributed by atoms with Crippen molar-refractivity contribution >= 4 is 11.7 Å². The highest BCUT2D eigenvalue weighted by atomic mass is 16.5. The largest absolute Gasteiger partial charge is 0.492 e. The first-order valence-electron chi connectivity index (χ1n) is 9.07. The Labute approximate surface area is 154 Å². The topological polar surface area (TPSA) is 71.2 Å². The molecule has 0 saturated heterocycles. The Morgan fingerprint density at radius 1 is 1.04 bits per heavy atom. The van der Waals surface area contributed by atoms with E-state index in [0.717, 1.165) is 19.3 Å². The molecule has 0 spiro atoms.